The van der Waals surface area contributed by atoms with Gasteiger partial charge in [0.1, 0.15) is 0 Å². The molecule has 0 N–H and O–H groups in total. The van der Waals surface area contributed by atoms with E-state index < -0.39 is 0 Å². The Kier molecular flexibility index (Phi) is 8.12. The fraction of sp³-hybridized carbons (Fsp3) is 0.439. The highest BCUT2D eigenvalue weighted by Crippen LogP contribution is 2.54. The van der Waals surface area contributed by atoms with Crippen LogP contribution in [0.25, 0.3) is 10.1 Å². The Morgan fingerprint density at radius 2 is 1.10 bits per heavy atom. The second-order valence-corrected chi connectivity index (χ2v) is 25.0. The highest BCUT2D eigenvalue weighted by molar-refractivity contribution is 7.33. The van der Waals surface area contributed by atoms with Gasteiger partial charge in [-0.25, -0.2) is 0 Å². The van der Waals surface area contributed by atoms with Gasteiger partial charge in [0.2, 0.25) is 0 Å². The summed E-state index contributed by atoms with van der Waals surface area (Å²) in [5.74, 6) is 0. The second kappa shape index (κ2) is 12.9. The van der Waals surface area contributed by atoms with Gasteiger partial charge in [-0.1, -0.05) is 127 Å². The fourth-order valence-electron chi connectivity index (χ4n) is 11.3. The number of thiophene rings is 1. The van der Waals surface area contributed by atoms with E-state index in [0.717, 1.165) is 36.2 Å². The second-order valence-electron chi connectivity index (χ2n) is 23.9. The van der Waals surface area contributed by atoms with Crippen molar-refractivity contribution in [2.24, 2.45) is 0 Å². The smallest absolute Gasteiger partial charge is 0.264 e. The lowest BCUT2D eigenvalue weighted by atomic mass is 9.35. The van der Waals surface area contributed by atoms with Crippen LogP contribution in [0.1, 0.15) is 164 Å². The molecule has 3 heterocycles. The lowest BCUT2D eigenvalue weighted by Crippen LogP contribution is -2.61. The molecular formula is C57H67BN2S. The van der Waals surface area contributed by atoms with Gasteiger partial charge in [-0.15, -0.1) is 11.3 Å². The van der Waals surface area contributed by atoms with Crippen molar-refractivity contribution in [1.82, 2.24) is 0 Å². The van der Waals surface area contributed by atoms with Crippen LogP contribution in [0.15, 0.2) is 84.9 Å². The van der Waals surface area contributed by atoms with E-state index in [9.17, 15) is 2.74 Å². The molecule has 5 aromatic carbocycles. The molecule has 0 radical (unpaired) electrons. The van der Waals surface area contributed by atoms with Gasteiger partial charge in [0.15, 0.2) is 0 Å². The summed E-state index contributed by atoms with van der Waals surface area (Å²) in [7, 11) is 0. The zero-order valence-corrected chi connectivity index (χ0v) is 40.5. The van der Waals surface area contributed by atoms with Crippen molar-refractivity contribution in [2.75, 3.05) is 9.80 Å². The molecule has 6 aromatic rings. The first-order valence-electron chi connectivity index (χ1n) is 24.0. The zero-order valence-electron chi connectivity index (χ0n) is 41.6. The number of nitrogens with zero attached hydrogens (tertiary/aromatic N) is 2. The maximum Gasteiger partial charge on any atom is 0.264 e. The van der Waals surface area contributed by atoms with Crippen LogP contribution in [0, 0.1) is 6.92 Å². The summed E-state index contributed by atoms with van der Waals surface area (Å²) in [5, 5.41) is 1.21. The number of hydrogen-bond acceptors (Lipinski definition) is 3. The van der Waals surface area contributed by atoms with Crippen molar-refractivity contribution < 1.29 is 2.74 Å². The van der Waals surface area contributed by atoms with Gasteiger partial charge >= 0.3 is 0 Å². The van der Waals surface area contributed by atoms with Crippen LogP contribution in [-0.4, -0.2) is 6.71 Å². The van der Waals surface area contributed by atoms with Crippen molar-refractivity contribution >= 4 is 78.0 Å². The quantitative estimate of drug-likeness (QED) is 0.160. The van der Waals surface area contributed by atoms with Crippen LogP contribution in [0.5, 0.6) is 0 Å². The standard InChI is InChI=1S/C57H67BN2S/c1-34-28-46-49-47(29-34)60(37-19-16-35(17-20-37)52(2,3)4)50-39-30-36(53(5,6)7)18-23-48(39)61-51(50)58(49)44-32-42-43(57(14,15)27-26-56(42,12)13)33-45(44)59(46)38-21-22-40-41(31-38)55(10,11)25-24-54(40,8)9/h16-23,28-33H,24-27H2,1-15H3/i19D,20D. The van der Waals surface area contributed by atoms with Crippen LogP contribution in [-0.2, 0) is 32.5 Å². The molecule has 0 amide bonds. The third kappa shape index (κ3) is 6.15. The van der Waals surface area contributed by atoms with Crippen molar-refractivity contribution in [3.05, 3.63) is 124 Å². The monoisotopic (exact) mass is 825 g/mol. The van der Waals surface area contributed by atoms with Gasteiger partial charge in [0.25, 0.3) is 6.71 Å². The molecule has 0 saturated heterocycles. The molecule has 4 heteroatoms. The predicted octanol–water partition coefficient (Wildman–Crippen LogP) is 14.6. The molecule has 0 spiro atoms. The molecule has 4 aliphatic rings. The summed E-state index contributed by atoms with van der Waals surface area (Å²) in [4.78, 5) is 4.97. The third-order valence-electron chi connectivity index (χ3n) is 15.6. The number of aryl methyl sites for hydroxylation is 1. The molecule has 61 heavy (non-hydrogen) atoms. The number of rotatable bonds is 2. The van der Waals surface area contributed by atoms with Gasteiger partial charge < -0.3 is 9.80 Å². The van der Waals surface area contributed by atoms with Crippen molar-refractivity contribution in [3.63, 3.8) is 0 Å². The molecule has 314 valence electrons. The summed E-state index contributed by atoms with van der Waals surface area (Å²) in [5.41, 5.74) is 18.5. The average molecular weight is 825 g/mol. The van der Waals surface area contributed by atoms with Crippen LogP contribution in [0.2, 0.25) is 0 Å². The Hall–Kier alpha value is -4.28. The van der Waals surface area contributed by atoms with Gasteiger partial charge in [-0.3, -0.25) is 0 Å². The van der Waals surface area contributed by atoms with E-state index in [1.807, 2.05) is 23.5 Å². The summed E-state index contributed by atoms with van der Waals surface area (Å²) in [6.45, 7) is 35.2. The number of fused-ring (bicyclic) bond motifs is 8. The maximum absolute atomic E-state index is 9.84. The van der Waals surface area contributed by atoms with E-state index in [-0.39, 0.29) is 39.2 Å². The first kappa shape index (κ1) is 38.4. The first-order chi connectivity index (χ1) is 29.2. The fourth-order valence-corrected chi connectivity index (χ4v) is 12.6. The summed E-state index contributed by atoms with van der Waals surface area (Å²) < 4.78 is 22.2. The highest BCUT2D eigenvalue weighted by atomic mass is 32.1. The highest BCUT2D eigenvalue weighted by Gasteiger charge is 2.48. The predicted molar refractivity (Wildman–Crippen MR) is 269 cm³/mol. The first-order valence-corrected chi connectivity index (χ1v) is 23.8. The van der Waals surface area contributed by atoms with E-state index in [1.54, 1.807) is 0 Å². The molecule has 1 aromatic heterocycles. The van der Waals surface area contributed by atoms with E-state index in [4.69, 9.17) is 0 Å². The molecule has 2 aliphatic heterocycles. The van der Waals surface area contributed by atoms with Gasteiger partial charge in [-0.05, 0) is 170 Å². The Bertz CT molecular complexity index is 2910. The minimum Gasteiger partial charge on any atom is -0.311 e. The van der Waals surface area contributed by atoms with E-state index in [2.05, 4.69) is 174 Å². The molecule has 2 nitrogen and oxygen atoms in total. The minimum atomic E-state index is -0.189. The van der Waals surface area contributed by atoms with Crippen LogP contribution in [0.3, 0.4) is 0 Å². The van der Waals surface area contributed by atoms with Gasteiger partial charge in [0, 0.05) is 43.3 Å². The van der Waals surface area contributed by atoms with Crippen molar-refractivity contribution in [2.45, 2.75) is 162 Å². The molecule has 0 bridgehead atoms. The summed E-state index contributed by atoms with van der Waals surface area (Å²) in [6, 6.07) is 29.3. The topological polar surface area (TPSA) is 6.48 Å². The van der Waals surface area contributed by atoms with Gasteiger partial charge in [0.05, 0.1) is 8.43 Å². The maximum atomic E-state index is 9.84. The molecule has 10 rings (SSSR count). The van der Waals surface area contributed by atoms with Crippen molar-refractivity contribution in [1.29, 1.82) is 0 Å². The molecule has 0 saturated carbocycles. The number of hydrogen-bond donors (Lipinski definition) is 0. The van der Waals surface area contributed by atoms with Crippen LogP contribution >= 0.6 is 11.3 Å². The average Bonchev–Trinajstić information content (AvgIpc) is 3.56. The lowest BCUT2D eigenvalue weighted by Gasteiger charge is -2.47. The Labute approximate surface area is 374 Å². The Morgan fingerprint density at radius 3 is 1.69 bits per heavy atom. The lowest BCUT2D eigenvalue weighted by molar-refractivity contribution is 0.332. The third-order valence-corrected chi connectivity index (χ3v) is 16.8. The Balaban J connectivity index is 1.35. The summed E-state index contributed by atoms with van der Waals surface area (Å²) in [6.07, 6.45) is 4.64. The normalized spacial score (nSPS) is 19.7. The largest absolute Gasteiger partial charge is 0.311 e. The van der Waals surface area contributed by atoms with Crippen LogP contribution < -0.4 is 25.5 Å². The zero-order chi connectivity index (χ0) is 45.3. The minimum absolute atomic E-state index is 0.0278. The molecule has 0 fully saturated rings. The van der Waals surface area contributed by atoms with Crippen LogP contribution in [0.4, 0.5) is 34.1 Å². The number of benzene rings is 5. The molecule has 2 aliphatic carbocycles. The SMILES string of the molecule is [2H]c1cc(C(C)(C)C)cc([2H])c1N1c2cc(C)cc3c2B(c2cc4c(cc2N3c2ccc3c(c2)C(C)(C)CCC3(C)C)C(C)(C)CCC4(C)C)c2sc3ccc(C(C)(C)C)cc3c21. The van der Waals surface area contributed by atoms with E-state index in [1.165, 1.54) is 82.7 Å². The number of anilines is 6. The van der Waals surface area contributed by atoms with Crippen molar-refractivity contribution in [3.8, 4) is 0 Å². The molecule has 0 unspecified atom stereocenters. The molecule has 0 atom stereocenters. The van der Waals surface area contributed by atoms with Gasteiger partial charge in [-0.2, -0.15) is 0 Å². The molecular weight excluding hydrogens is 756 g/mol. The van der Waals surface area contributed by atoms with E-state index >= 15 is 0 Å². The van der Waals surface area contributed by atoms with E-state index in [0.29, 0.717) is 17.8 Å². The summed E-state index contributed by atoms with van der Waals surface area (Å²) >= 11 is 1.91. The Morgan fingerprint density at radius 1 is 0.557 bits per heavy atom.